The summed E-state index contributed by atoms with van der Waals surface area (Å²) in [5.41, 5.74) is 7.55. The Bertz CT molecular complexity index is 661. The number of rotatable bonds is 5. The molecule has 5 heteroatoms. The molecule has 23 heavy (non-hydrogen) atoms. The topological polar surface area (TPSA) is 64.3 Å². The van der Waals surface area contributed by atoms with Crippen molar-refractivity contribution in [1.29, 1.82) is 0 Å². The highest BCUT2D eigenvalue weighted by atomic mass is 28.3. The summed E-state index contributed by atoms with van der Waals surface area (Å²) in [6.07, 6.45) is 0. The Kier molecular flexibility index (Phi) is 5.23. The molecule has 2 aromatic carbocycles. The van der Waals surface area contributed by atoms with Gasteiger partial charge >= 0.3 is 0 Å². The molecule has 2 rings (SSSR count). The van der Waals surface area contributed by atoms with E-state index in [4.69, 9.17) is 10.5 Å². The van der Waals surface area contributed by atoms with Crippen molar-refractivity contribution in [2.24, 2.45) is 5.73 Å². The van der Waals surface area contributed by atoms with E-state index in [9.17, 15) is 4.79 Å². The van der Waals surface area contributed by atoms with Crippen molar-refractivity contribution < 1.29 is 9.53 Å². The fraction of sp³-hybridized carbons (Fsp3) is 0.278. The number of ether oxygens (including phenoxy) is 1. The van der Waals surface area contributed by atoms with Crippen molar-refractivity contribution in [3.63, 3.8) is 0 Å². The maximum Gasteiger partial charge on any atom is 0.245 e. The molecule has 1 amide bonds. The summed E-state index contributed by atoms with van der Waals surface area (Å²) in [6, 6.07) is 14.5. The highest BCUT2D eigenvalue weighted by Gasteiger charge is 2.18. The number of hydrogen-bond acceptors (Lipinski definition) is 3. The van der Waals surface area contributed by atoms with Gasteiger partial charge in [-0.25, -0.2) is 0 Å². The first-order chi connectivity index (χ1) is 10.8. The van der Waals surface area contributed by atoms with E-state index in [-0.39, 0.29) is 5.91 Å². The predicted molar refractivity (Wildman–Crippen MR) is 98.0 cm³/mol. The molecule has 0 aromatic heterocycles. The second-order valence-corrected chi connectivity index (χ2v) is 11.6. The Labute approximate surface area is 138 Å². The van der Waals surface area contributed by atoms with E-state index in [1.807, 2.05) is 12.1 Å². The second-order valence-electron chi connectivity index (χ2n) is 6.57. The quantitative estimate of drug-likeness (QED) is 0.830. The molecule has 0 radical (unpaired) electrons. The molecular weight excluding hydrogens is 304 g/mol. The van der Waals surface area contributed by atoms with Crippen LogP contribution in [0.5, 0.6) is 5.75 Å². The van der Waals surface area contributed by atoms with Crippen LogP contribution in [0, 0.1) is 0 Å². The summed E-state index contributed by atoms with van der Waals surface area (Å²) in [6.45, 7) is 6.88. The molecule has 2 aromatic rings. The first-order valence-corrected chi connectivity index (χ1v) is 11.1. The van der Waals surface area contributed by atoms with E-state index < -0.39 is 14.1 Å². The zero-order chi connectivity index (χ0) is 17.0. The first kappa shape index (κ1) is 17.2. The summed E-state index contributed by atoms with van der Waals surface area (Å²) < 4.78 is 5.11. The molecule has 4 nitrogen and oxygen atoms in total. The average Bonchev–Trinajstić information content (AvgIpc) is 2.54. The maximum atomic E-state index is 12.3. The Hall–Kier alpha value is -2.11. The van der Waals surface area contributed by atoms with Crippen molar-refractivity contribution in [1.82, 2.24) is 0 Å². The molecule has 0 fully saturated rings. The van der Waals surface area contributed by atoms with Crippen molar-refractivity contribution >= 4 is 24.9 Å². The molecule has 0 saturated carbocycles. The van der Waals surface area contributed by atoms with Gasteiger partial charge < -0.3 is 15.8 Å². The van der Waals surface area contributed by atoms with Crippen molar-refractivity contribution in [2.75, 3.05) is 12.4 Å². The third-order valence-electron chi connectivity index (χ3n) is 3.78. The van der Waals surface area contributed by atoms with E-state index in [0.29, 0.717) is 0 Å². The van der Waals surface area contributed by atoms with Gasteiger partial charge in [0.1, 0.15) is 11.8 Å². The van der Waals surface area contributed by atoms with Crippen LogP contribution in [-0.2, 0) is 4.79 Å². The van der Waals surface area contributed by atoms with Gasteiger partial charge in [0.05, 0.1) is 15.2 Å². The van der Waals surface area contributed by atoms with Gasteiger partial charge in [-0.05, 0) is 29.8 Å². The number of anilines is 1. The molecule has 3 N–H and O–H groups in total. The van der Waals surface area contributed by atoms with Crippen LogP contribution in [0.3, 0.4) is 0 Å². The lowest BCUT2D eigenvalue weighted by Gasteiger charge is -2.17. The minimum atomic E-state index is -1.33. The number of methoxy groups -OCH3 is 1. The van der Waals surface area contributed by atoms with Gasteiger partial charge in [-0.1, -0.05) is 49.1 Å². The largest absolute Gasteiger partial charge is 0.497 e. The Morgan fingerprint density at radius 2 is 1.61 bits per heavy atom. The van der Waals surface area contributed by atoms with Crippen molar-refractivity contribution in [3.05, 3.63) is 54.1 Å². The van der Waals surface area contributed by atoms with Gasteiger partial charge in [-0.3, -0.25) is 4.79 Å². The molecule has 1 atom stereocenters. The van der Waals surface area contributed by atoms with Gasteiger partial charge in [0.2, 0.25) is 5.91 Å². The predicted octanol–water partition coefficient (Wildman–Crippen LogP) is 2.88. The Morgan fingerprint density at radius 3 is 2.09 bits per heavy atom. The molecule has 1 unspecified atom stereocenters. The number of benzene rings is 2. The lowest BCUT2D eigenvalue weighted by Crippen LogP contribution is -2.37. The third kappa shape index (κ3) is 4.43. The lowest BCUT2D eigenvalue weighted by molar-refractivity contribution is -0.117. The average molecular weight is 328 g/mol. The molecule has 122 valence electrons. The van der Waals surface area contributed by atoms with Gasteiger partial charge in [0.25, 0.3) is 0 Å². The summed E-state index contributed by atoms with van der Waals surface area (Å²) in [5.74, 6) is 0.513. The number of nitrogens with two attached hydrogens (primary N) is 1. The van der Waals surface area contributed by atoms with Crippen LogP contribution >= 0.6 is 0 Å². The van der Waals surface area contributed by atoms with Crippen LogP contribution in [0.1, 0.15) is 11.6 Å². The van der Waals surface area contributed by atoms with E-state index in [1.54, 1.807) is 31.4 Å². The normalized spacial score (nSPS) is 12.6. The fourth-order valence-electron chi connectivity index (χ4n) is 2.24. The maximum absolute atomic E-state index is 12.3. The van der Waals surface area contributed by atoms with Crippen LogP contribution in [0.2, 0.25) is 19.6 Å². The van der Waals surface area contributed by atoms with Gasteiger partial charge in [0, 0.05) is 5.69 Å². The molecular formula is C18H24N2O2Si. The Morgan fingerprint density at radius 1 is 1.04 bits per heavy atom. The van der Waals surface area contributed by atoms with Crippen LogP contribution in [-0.4, -0.2) is 21.1 Å². The smallest absolute Gasteiger partial charge is 0.245 e. The molecule has 0 aliphatic rings. The van der Waals surface area contributed by atoms with Crippen LogP contribution in [0.25, 0.3) is 0 Å². The zero-order valence-corrected chi connectivity index (χ0v) is 15.1. The van der Waals surface area contributed by atoms with E-state index in [0.717, 1.165) is 17.0 Å². The lowest BCUT2D eigenvalue weighted by atomic mass is 10.1. The van der Waals surface area contributed by atoms with Gasteiger partial charge in [-0.15, -0.1) is 0 Å². The molecule has 0 bridgehead atoms. The molecule has 0 aliphatic carbocycles. The van der Waals surface area contributed by atoms with E-state index in [1.165, 1.54) is 5.19 Å². The van der Waals surface area contributed by atoms with Crippen molar-refractivity contribution in [2.45, 2.75) is 25.7 Å². The minimum absolute atomic E-state index is 0.226. The minimum Gasteiger partial charge on any atom is -0.497 e. The monoisotopic (exact) mass is 328 g/mol. The molecule has 0 aliphatic heterocycles. The van der Waals surface area contributed by atoms with E-state index in [2.05, 4.69) is 37.1 Å². The summed E-state index contributed by atoms with van der Waals surface area (Å²) in [5, 5.41) is 4.22. The van der Waals surface area contributed by atoms with E-state index >= 15 is 0 Å². The van der Waals surface area contributed by atoms with Crippen LogP contribution < -0.4 is 21.0 Å². The molecule has 0 spiro atoms. The number of carbonyl (C=O) groups is 1. The molecule has 0 saturated heterocycles. The number of amides is 1. The molecule has 0 heterocycles. The third-order valence-corrected chi connectivity index (χ3v) is 5.84. The summed E-state index contributed by atoms with van der Waals surface area (Å²) >= 11 is 0. The fourth-order valence-corrected chi connectivity index (χ4v) is 3.40. The van der Waals surface area contributed by atoms with Crippen molar-refractivity contribution in [3.8, 4) is 5.75 Å². The van der Waals surface area contributed by atoms with Gasteiger partial charge in [-0.2, -0.15) is 0 Å². The number of carbonyl (C=O) groups excluding carboxylic acids is 1. The summed E-state index contributed by atoms with van der Waals surface area (Å²) in [4.78, 5) is 12.3. The first-order valence-electron chi connectivity index (χ1n) is 7.62. The van der Waals surface area contributed by atoms with Crippen LogP contribution in [0.4, 0.5) is 5.69 Å². The second kappa shape index (κ2) is 6.98. The Balaban J connectivity index is 2.05. The number of nitrogens with one attached hydrogen (secondary N) is 1. The number of hydrogen-bond donors (Lipinski definition) is 2. The van der Waals surface area contributed by atoms with Crippen LogP contribution in [0.15, 0.2) is 48.5 Å². The summed E-state index contributed by atoms with van der Waals surface area (Å²) in [7, 11) is 0.274. The zero-order valence-electron chi connectivity index (χ0n) is 14.1. The highest BCUT2D eigenvalue weighted by Crippen LogP contribution is 2.18. The standard InChI is InChI=1S/C18H24N2O2Si/c1-22-15-9-5-13(6-10-15)17(19)18(21)20-14-7-11-16(12-8-14)23(2,3)4/h5-12,17H,19H2,1-4H3,(H,20,21). The van der Waals surface area contributed by atoms with Gasteiger partial charge in [0.15, 0.2) is 0 Å². The highest BCUT2D eigenvalue weighted by molar-refractivity contribution is 6.88. The SMILES string of the molecule is COc1ccc(C(N)C(=O)Nc2ccc([Si](C)(C)C)cc2)cc1.